The number of nitrogens with zero attached hydrogens (tertiary/aromatic N) is 1. The fraction of sp³-hybridized carbons (Fsp3) is 0.562. The van der Waals surface area contributed by atoms with Gasteiger partial charge in [0.1, 0.15) is 5.75 Å². The van der Waals surface area contributed by atoms with Crippen LogP contribution in [0.5, 0.6) is 5.75 Å². The van der Waals surface area contributed by atoms with Crippen LogP contribution in [-0.4, -0.2) is 37.2 Å². The largest absolute Gasteiger partial charge is 0.434 e. The standard InChI is InChI=1S/C16H23F2N3OS/c1-19-16(21-12-7-8-13(9-12)23-2)20-10-11-5-3-4-6-14(11)22-15(17)18/h3-6,12-13,15H,7-10H2,1-2H3,(H2,19,20,21). The molecule has 1 aromatic rings. The van der Waals surface area contributed by atoms with Crippen LogP contribution in [-0.2, 0) is 6.54 Å². The summed E-state index contributed by atoms with van der Waals surface area (Å²) in [5.74, 6) is 0.873. The normalized spacial score (nSPS) is 21.5. The minimum atomic E-state index is -2.82. The molecule has 0 bridgehead atoms. The fourth-order valence-corrected chi connectivity index (χ4v) is 3.51. The first kappa shape index (κ1) is 17.8. The van der Waals surface area contributed by atoms with E-state index in [9.17, 15) is 8.78 Å². The van der Waals surface area contributed by atoms with Gasteiger partial charge >= 0.3 is 6.61 Å². The molecule has 1 aromatic carbocycles. The van der Waals surface area contributed by atoms with Gasteiger partial charge < -0.3 is 15.4 Å². The zero-order chi connectivity index (χ0) is 16.7. The molecule has 2 N–H and O–H groups in total. The van der Waals surface area contributed by atoms with Crippen molar-refractivity contribution in [3.05, 3.63) is 29.8 Å². The van der Waals surface area contributed by atoms with Gasteiger partial charge in [0.25, 0.3) is 0 Å². The van der Waals surface area contributed by atoms with E-state index in [0.29, 0.717) is 29.4 Å². The fourth-order valence-electron chi connectivity index (χ4n) is 2.71. The molecule has 0 aliphatic heterocycles. The van der Waals surface area contributed by atoms with Crippen LogP contribution in [0.25, 0.3) is 0 Å². The lowest BCUT2D eigenvalue weighted by atomic mass is 10.2. The van der Waals surface area contributed by atoms with Crippen LogP contribution in [0.3, 0.4) is 0 Å². The lowest BCUT2D eigenvalue weighted by Crippen LogP contribution is -2.42. The molecule has 0 spiro atoms. The van der Waals surface area contributed by atoms with E-state index in [1.54, 1.807) is 31.3 Å². The second-order valence-corrected chi connectivity index (χ2v) is 6.56. The predicted octanol–water partition coefficient (Wildman–Crippen LogP) is 3.24. The summed E-state index contributed by atoms with van der Waals surface area (Å²) < 4.78 is 29.4. The highest BCUT2D eigenvalue weighted by Gasteiger charge is 2.24. The summed E-state index contributed by atoms with van der Waals surface area (Å²) in [4.78, 5) is 4.21. The molecule has 2 unspecified atom stereocenters. The van der Waals surface area contributed by atoms with Crippen molar-refractivity contribution in [1.82, 2.24) is 10.6 Å². The van der Waals surface area contributed by atoms with Gasteiger partial charge in [-0.2, -0.15) is 20.5 Å². The monoisotopic (exact) mass is 343 g/mol. The Morgan fingerprint density at radius 2 is 2.17 bits per heavy atom. The van der Waals surface area contributed by atoms with Gasteiger partial charge in [0.05, 0.1) is 0 Å². The van der Waals surface area contributed by atoms with Gasteiger partial charge in [-0.3, -0.25) is 4.99 Å². The summed E-state index contributed by atoms with van der Waals surface area (Å²) in [6.45, 7) is -2.45. The lowest BCUT2D eigenvalue weighted by Gasteiger charge is -2.18. The first-order chi connectivity index (χ1) is 11.1. The zero-order valence-corrected chi connectivity index (χ0v) is 14.2. The van der Waals surface area contributed by atoms with Crippen LogP contribution in [0.15, 0.2) is 29.3 Å². The molecule has 4 nitrogen and oxygen atoms in total. The number of hydrogen-bond donors (Lipinski definition) is 2. The molecule has 1 fully saturated rings. The summed E-state index contributed by atoms with van der Waals surface area (Å²) >= 11 is 1.90. The van der Waals surface area contributed by atoms with Crippen LogP contribution in [0.1, 0.15) is 24.8 Å². The van der Waals surface area contributed by atoms with Crippen LogP contribution in [0.4, 0.5) is 8.78 Å². The molecule has 128 valence electrons. The van der Waals surface area contributed by atoms with E-state index in [1.807, 2.05) is 11.8 Å². The molecule has 23 heavy (non-hydrogen) atoms. The summed E-state index contributed by atoms with van der Waals surface area (Å²) in [5.41, 5.74) is 0.671. The van der Waals surface area contributed by atoms with Crippen LogP contribution >= 0.6 is 11.8 Å². The van der Waals surface area contributed by atoms with Crippen molar-refractivity contribution in [2.75, 3.05) is 13.3 Å². The Labute approximate surface area is 140 Å². The smallest absolute Gasteiger partial charge is 0.387 e. The molecule has 0 heterocycles. The highest BCUT2D eigenvalue weighted by molar-refractivity contribution is 7.99. The number of ether oxygens (including phenoxy) is 1. The third-order valence-corrected chi connectivity index (χ3v) is 5.01. The minimum absolute atomic E-state index is 0.189. The molecular weight excluding hydrogens is 320 g/mol. The Hall–Kier alpha value is -1.50. The number of rotatable bonds is 6. The quantitative estimate of drug-likeness (QED) is 0.615. The molecule has 1 aliphatic rings. The zero-order valence-electron chi connectivity index (χ0n) is 13.4. The average molecular weight is 343 g/mol. The first-order valence-corrected chi connectivity index (χ1v) is 8.94. The highest BCUT2D eigenvalue weighted by Crippen LogP contribution is 2.28. The van der Waals surface area contributed by atoms with Gasteiger partial charge in [-0.25, -0.2) is 0 Å². The molecule has 2 atom stereocenters. The van der Waals surface area contributed by atoms with Crippen LogP contribution in [0, 0.1) is 0 Å². The van der Waals surface area contributed by atoms with Gasteiger partial charge in [-0.1, -0.05) is 18.2 Å². The van der Waals surface area contributed by atoms with E-state index >= 15 is 0 Å². The number of thioether (sulfide) groups is 1. The molecule has 1 aliphatic carbocycles. The molecular formula is C16H23F2N3OS. The van der Waals surface area contributed by atoms with Crippen molar-refractivity contribution in [3.8, 4) is 5.75 Å². The van der Waals surface area contributed by atoms with Crippen LogP contribution < -0.4 is 15.4 Å². The van der Waals surface area contributed by atoms with Crippen molar-refractivity contribution in [3.63, 3.8) is 0 Å². The second-order valence-electron chi connectivity index (χ2n) is 5.42. The van der Waals surface area contributed by atoms with Crippen molar-refractivity contribution in [2.24, 2.45) is 4.99 Å². The van der Waals surface area contributed by atoms with Gasteiger partial charge in [-0.15, -0.1) is 0 Å². The summed E-state index contributed by atoms with van der Waals surface area (Å²) in [5, 5.41) is 7.26. The average Bonchev–Trinajstić information content (AvgIpc) is 2.99. The highest BCUT2D eigenvalue weighted by atomic mass is 32.2. The van der Waals surface area contributed by atoms with Gasteiger partial charge in [-0.05, 0) is 31.6 Å². The number of hydrogen-bond acceptors (Lipinski definition) is 3. The second kappa shape index (κ2) is 8.96. The van der Waals surface area contributed by atoms with Gasteiger partial charge in [0, 0.05) is 30.4 Å². The third-order valence-electron chi connectivity index (χ3n) is 3.92. The van der Waals surface area contributed by atoms with E-state index in [4.69, 9.17) is 0 Å². The Kier molecular flexibility index (Phi) is 6.95. The van der Waals surface area contributed by atoms with E-state index in [1.165, 1.54) is 6.42 Å². The maximum absolute atomic E-state index is 12.4. The number of benzene rings is 1. The number of halogens is 2. The van der Waals surface area contributed by atoms with Crippen LogP contribution in [0.2, 0.25) is 0 Å². The van der Waals surface area contributed by atoms with Crippen molar-refractivity contribution >= 4 is 17.7 Å². The Balaban J connectivity index is 1.89. The molecule has 1 saturated carbocycles. The SMILES string of the molecule is CN=C(NCc1ccccc1OC(F)F)NC1CCC(SC)C1. The Morgan fingerprint density at radius 1 is 1.39 bits per heavy atom. The lowest BCUT2D eigenvalue weighted by molar-refractivity contribution is -0.0504. The Bertz CT molecular complexity index is 528. The van der Waals surface area contributed by atoms with Crippen molar-refractivity contribution in [1.29, 1.82) is 0 Å². The maximum Gasteiger partial charge on any atom is 0.387 e. The molecule has 0 radical (unpaired) electrons. The molecule has 2 rings (SSSR count). The Morgan fingerprint density at radius 3 is 2.83 bits per heavy atom. The van der Waals surface area contributed by atoms with Crippen molar-refractivity contribution in [2.45, 2.75) is 43.7 Å². The number of alkyl halides is 2. The summed E-state index contributed by atoms with van der Waals surface area (Å²) in [6.07, 6.45) is 5.59. The van der Waals surface area contributed by atoms with E-state index in [0.717, 1.165) is 12.8 Å². The minimum Gasteiger partial charge on any atom is -0.434 e. The topological polar surface area (TPSA) is 45.7 Å². The van der Waals surface area contributed by atoms with E-state index in [-0.39, 0.29) is 5.75 Å². The summed E-state index contributed by atoms with van der Waals surface area (Å²) in [7, 11) is 1.71. The van der Waals surface area contributed by atoms with Gasteiger partial charge in [0.2, 0.25) is 0 Å². The molecule has 0 aromatic heterocycles. The first-order valence-electron chi connectivity index (χ1n) is 7.65. The number of nitrogens with one attached hydrogen (secondary N) is 2. The van der Waals surface area contributed by atoms with E-state index < -0.39 is 6.61 Å². The number of aliphatic imine (C=N–C) groups is 1. The van der Waals surface area contributed by atoms with Crippen molar-refractivity contribution < 1.29 is 13.5 Å². The predicted molar refractivity (Wildman–Crippen MR) is 91.4 cm³/mol. The third kappa shape index (κ3) is 5.57. The van der Waals surface area contributed by atoms with E-state index in [2.05, 4.69) is 26.6 Å². The molecule has 0 saturated heterocycles. The number of guanidine groups is 1. The van der Waals surface area contributed by atoms with Gasteiger partial charge in [0.15, 0.2) is 5.96 Å². The molecule has 0 amide bonds. The maximum atomic E-state index is 12.4. The molecule has 7 heteroatoms. The summed E-state index contributed by atoms with van der Waals surface area (Å²) in [6, 6.07) is 7.18. The number of para-hydroxylation sites is 1.